The molecule has 2 heterocycles. The number of piperazine rings is 1. The molecule has 0 bridgehead atoms. The van der Waals surface area contributed by atoms with Crippen LogP contribution in [-0.2, 0) is 0 Å². The van der Waals surface area contributed by atoms with Crippen molar-refractivity contribution in [2.24, 2.45) is 0 Å². The van der Waals surface area contributed by atoms with Crippen molar-refractivity contribution >= 4 is 5.82 Å². The van der Waals surface area contributed by atoms with Gasteiger partial charge >= 0.3 is 0 Å². The molecule has 4 nitrogen and oxygen atoms in total. The molecule has 4 heteroatoms. The molecule has 2 rings (SSSR count). The molecule has 0 spiro atoms. The van der Waals surface area contributed by atoms with Crippen molar-refractivity contribution in [2.45, 2.75) is 46.1 Å². The summed E-state index contributed by atoms with van der Waals surface area (Å²) in [6.07, 6.45) is 1.15. The Kier molecular flexibility index (Phi) is 4.17. The summed E-state index contributed by atoms with van der Waals surface area (Å²) in [5.41, 5.74) is 1.07. The molecule has 100 valence electrons. The van der Waals surface area contributed by atoms with E-state index in [1.807, 2.05) is 0 Å². The lowest BCUT2D eigenvalue weighted by Gasteiger charge is -2.37. The average molecular weight is 248 g/mol. The van der Waals surface area contributed by atoms with E-state index in [9.17, 15) is 0 Å². The van der Waals surface area contributed by atoms with Gasteiger partial charge in [-0.05, 0) is 13.3 Å². The number of aromatic nitrogens is 2. The van der Waals surface area contributed by atoms with E-state index in [0.29, 0.717) is 12.0 Å². The lowest BCUT2D eigenvalue weighted by atomic mass is 10.1. The van der Waals surface area contributed by atoms with Crippen molar-refractivity contribution in [1.82, 2.24) is 15.3 Å². The summed E-state index contributed by atoms with van der Waals surface area (Å²) in [6, 6.07) is 2.66. The zero-order valence-corrected chi connectivity index (χ0v) is 11.9. The number of nitrogens with one attached hydrogen (secondary N) is 1. The van der Waals surface area contributed by atoms with Gasteiger partial charge in [0.05, 0.1) is 0 Å². The summed E-state index contributed by atoms with van der Waals surface area (Å²) in [5, 5.41) is 3.45. The molecular weight excluding hydrogens is 224 g/mol. The number of anilines is 1. The summed E-state index contributed by atoms with van der Waals surface area (Å²) in [6.45, 7) is 11.7. The van der Waals surface area contributed by atoms with Gasteiger partial charge in [-0.25, -0.2) is 9.97 Å². The van der Waals surface area contributed by atoms with E-state index in [1.54, 1.807) is 0 Å². The first-order chi connectivity index (χ1) is 8.61. The van der Waals surface area contributed by atoms with E-state index in [4.69, 9.17) is 4.98 Å². The minimum absolute atomic E-state index is 0.381. The molecule has 1 aliphatic rings. The third kappa shape index (κ3) is 2.80. The molecule has 1 aromatic rings. The first-order valence-corrected chi connectivity index (χ1v) is 6.94. The maximum atomic E-state index is 4.74. The first kappa shape index (κ1) is 13.3. The van der Waals surface area contributed by atoms with E-state index >= 15 is 0 Å². The SMILES string of the molecule is CCC1CNCCN1c1cc(C)nc(C(C)C)n1. The van der Waals surface area contributed by atoms with Gasteiger partial charge in [-0.1, -0.05) is 20.8 Å². The number of hydrogen-bond acceptors (Lipinski definition) is 4. The van der Waals surface area contributed by atoms with Crippen molar-refractivity contribution in [2.75, 3.05) is 24.5 Å². The molecule has 1 aliphatic heterocycles. The normalized spacial score (nSPS) is 20.5. The van der Waals surface area contributed by atoms with Gasteiger partial charge in [-0.15, -0.1) is 0 Å². The molecule has 0 aliphatic carbocycles. The average Bonchev–Trinajstić information content (AvgIpc) is 2.38. The second-order valence-corrected chi connectivity index (χ2v) is 5.34. The fraction of sp³-hybridized carbons (Fsp3) is 0.714. The van der Waals surface area contributed by atoms with E-state index < -0.39 is 0 Å². The van der Waals surface area contributed by atoms with Gasteiger partial charge < -0.3 is 10.2 Å². The molecule has 18 heavy (non-hydrogen) atoms. The number of aryl methyl sites for hydroxylation is 1. The molecule has 1 N–H and O–H groups in total. The molecule has 1 fully saturated rings. The van der Waals surface area contributed by atoms with Crippen molar-refractivity contribution in [3.63, 3.8) is 0 Å². The van der Waals surface area contributed by atoms with Crippen LogP contribution in [0.25, 0.3) is 0 Å². The van der Waals surface area contributed by atoms with Crippen LogP contribution in [0.3, 0.4) is 0 Å². The topological polar surface area (TPSA) is 41.0 Å². The van der Waals surface area contributed by atoms with Crippen molar-refractivity contribution in [1.29, 1.82) is 0 Å². The fourth-order valence-electron chi connectivity index (χ4n) is 2.41. The zero-order valence-electron chi connectivity index (χ0n) is 11.9. The largest absolute Gasteiger partial charge is 0.351 e. The second-order valence-electron chi connectivity index (χ2n) is 5.34. The lowest BCUT2D eigenvalue weighted by molar-refractivity contribution is 0.462. The number of hydrogen-bond donors (Lipinski definition) is 1. The van der Waals surface area contributed by atoms with Crippen molar-refractivity contribution in [3.05, 3.63) is 17.6 Å². The van der Waals surface area contributed by atoms with Gasteiger partial charge in [0.15, 0.2) is 0 Å². The van der Waals surface area contributed by atoms with Crippen molar-refractivity contribution in [3.8, 4) is 0 Å². The van der Waals surface area contributed by atoms with Crippen LogP contribution in [0.5, 0.6) is 0 Å². The van der Waals surface area contributed by atoms with E-state index in [1.165, 1.54) is 0 Å². The van der Waals surface area contributed by atoms with Crippen molar-refractivity contribution < 1.29 is 0 Å². The molecule has 0 amide bonds. The van der Waals surface area contributed by atoms with Crippen LogP contribution in [0, 0.1) is 6.92 Å². The highest BCUT2D eigenvalue weighted by Crippen LogP contribution is 2.21. The third-order valence-corrected chi connectivity index (χ3v) is 3.49. The standard InChI is InChI=1S/C14H24N4/c1-5-12-9-15-6-7-18(12)13-8-11(4)16-14(17-13)10(2)3/h8,10,12,15H,5-7,9H2,1-4H3. The van der Waals surface area contributed by atoms with Gasteiger partial charge in [0, 0.05) is 43.4 Å². The Morgan fingerprint density at radius 3 is 2.89 bits per heavy atom. The highest BCUT2D eigenvalue weighted by atomic mass is 15.3. The first-order valence-electron chi connectivity index (χ1n) is 6.94. The van der Waals surface area contributed by atoms with Crippen LogP contribution in [-0.4, -0.2) is 35.6 Å². The third-order valence-electron chi connectivity index (χ3n) is 3.49. The molecular formula is C14H24N4. The summed E-state index contributed by atoms with van der Waals surface area (Å²) < 4.78 is 0. The quantitative estimate of drug-likeness (QED) is 0.889. The van der Waals surface area contributed by atoms with Crippen LogP contribution < -0.4 is 10.2 Å². The monoisotopic (exact) mass is 248 g/mol. The highest BCUT2D eigenvalue weighted by Gasteiger charge is 2.22. The van der Waals surface area contributed by atoms with Gasteiger partial charge in [0.2, 0.25) is 0 Å². The summed E-state index contributed by atoms with van der Waals surface area (Å²) in [7, 11) is 0. The minimum Gasteiger partial charge on any atom is -0.351 e. The van der Waals surface area contributed by atoms with Crippen LogP contribution in [0.4, 0.5) is 5.82 Å². The number of rotatable bonds is 3. The Labute approximate surface area is 110 Å². The van der Waals surface area contributed by atoms with E-state index in [0.717, 1.165) is 43.4 Å². The Morgan fingerprint density at radius 1 is 1.44 bits per heavy atom. The molecule has 0 aromatic carbocycles. The van der Waals surface area contributed by atoms with Gasteiger partial charge in [0.25, 0.3) is 0 Å². The summed E-state index contributed by atoms with van der Waals surface area (Å²) >= 11 is 0. The lowest BCUT2D eigenvalue weighted by Crippen LogP contribution is -2.51. The van der Waals surface area contributed by atoms with Crippen LogP contribution in [0.1, 0.15) is 44.6 Å². The molecule has 0 saturated carbocycles. The molecule has 1 saturated heterocycles. The van der Waals surface area contributed by atoms with Gasteiger partial charge in [-0.2, -0.15) is 0 Å². The Balaban J connectivity index is 2.30. The predicted octanol–water partition coefficient (Wildman–Crippen LogP) is 2.10. The molecule has 1 aromatic heterocycles. The molecule has 1 unspecified atom stereocenters. The number of nitrogens with zero attached hydrogens (tertiary/aromatic N) is 3. The fourth-order valence-corrected chi connectivity index (χ4v) is 2.41. The van der Waals surface area contributed by atoms with Crippen LogP contribution >= 0.6 is 0 Å². The molecule has 0 radical (unpaired) electrons. The summed E-state index contributed by atoms with van der Waals surface area (Å²) in [5.74, 6) is 2.43. The van der Waals surface area contributed by atoms with Gasteiger partial charge in [-0.3, -0.25) is 0 Å². The maximum Gasteiger partial charge on any atom is 0.133 e. The Morgan fingerprint density at radius 2 is 2.22 bits per heavy atom. The zero-order chi connectivity index (χ0) is 13.1. The van der Waals surface area contributed by atoms with Crippen LogP contribution in [0.15, 0.2) is 6.07 Å². The van der Waals surface area contributed by atoms with E-state index in [-0.39, 0.29) is 0 Å². The highest BCUT2D eigenvalue weighted by molar-refractivity contribution is 5.42. The van der Waals surface area contributed by atoms with Gasteiger partial charge in [0.1, 0.15) is 11.6 Å². The predicted molar refractivity (Wildman–Crippen MR) is 75.2 cm³/mol. The second kappa shape index (κ2) is 5.65. The van der Waals surface area contributed by atoms with Crippen LogP contribution in [0.2, 0.25) is 0 Å². The summed E-state index contributed by atoms with van der Waals surface area (Å²) in [4.78, 5) is 11.7. The molecule has 1 atom stereocenters. The minimum atomic E-state index is 0.381. The maximum absolute atomic E-state index is 4.74. The Hall–Kier alpha value is -1.16. The Bertz CT molecular complexity index is 403. The van der Waals surface area contributed by atoms with E-state index in [2.05, 4.69) is 49.0 Å². The smallest absolute Gasteiger partial charge is 0.133 e.